The van der Waals surface area contributed by atoms with E-state index in [9.17, 15) is 0 Å². The van der Waals surface area contributed by atoms with E-state index in [0.29, 0.717) is 0 Å². The van der Waals surface area contributed by atoms with E-state index in [2.05, 4.69) is 11.9 Å². The number of nitrogens with zero attached hydrogens (tertiary/aromatic N) is 2. The Morgan fingerprint density at radius 2 is 2.25 bits per heavy atom. The number of rotatable bonds is 1. The van der Waals surface area contributed by atoms with Crippen molar-refractivity contribution >= 4 is 0 Å². The molecule has 0 aromatic carbocycles. The van der Waals surface area contributed by atoms with Gasteiger partial charge in [-0.05, 0) is 18.6 Å². The van der Waals surface area contributed by atoms with Crippen molar-refractivity contribution in [2.75, 3.05) is 0 Å². The summed E-state index contributed by atoms with van der Waals surface area (Å²) < 4.78 is 0. The molecule has 0 atom stereocenters. The van der Waals surface area contributed by atoms with Crippen LogP contribution in [0, 0.1) is 10.1 Å². The van der Waals surface area contributed by atoms with Crippen LogP contribution in [0.2, 0.25) is 0 Å². The summed E-state index contributed by atoms with van der Waals surface area (Å²) in [7, 11) is 0. The summed E-state index contributed by atoms with van der Waals surface area (Å²) in [6.45, 7) is 2.10. The molecule has 0 aliphatic carbocycles. The molecule has 0 unspecified atom stereocenters. The molecule has 0 spiro atoms. The van der Waals surface area contributed by atoms with Crippen LogP contribution >= 0.6 is 0 Å². The van der Waals surface area contributed by atoms with Crippen LogP contribution < -0.4 is 0 Å². The number of hydrogen-bond acceptors (Lipinski definition) is 3. The van der Waals surface area contributed by atoms with E-state index < -0.39 is 5.09 Å². The highest BCUT2D eigenvalue weighted by Crippen LogP contribution is 1.91. The van der Waals surface area contributed by atoms with Gasteiger partial charge in [0.05, 0.1) is 0 Å². The SMILES string of the molecule is CCc1ccccn1.O=[N+]([O-])O. The Bertz CT molecular complexity index is 221. The molecule has 5 nitrogen and oxygen atoms in total. The van der Waals surface area contributed by atoms with Crippen molar-refractivity contribution < 1.29 is 10.3 Å². The maximum absolute atomic E-state index is 8.36. The molecular formula is C7H10N2O3. The van der Waals surface area contributed by atoms with Crippen LogP contribution in [0.15, 0.2) is 24.4 Å². The van der Waals surface area contributed by atoms with Crippen molar-refractivity contribution in [2.24, 2.45) is 0 Å². The van der Waals surface area contributed by atoms with Crippen molar-refractivity contribution in [2.45, 2.75) is 13.3 Å². The van der Waals surface area contributed by atoms with Gasteiger partial charge in [-0.1, -0.05) is 13.0 Å². The van der Waals surface area contributed by atoms with Crippen molar-refractivity contribution in [1.82, 2.24) is 4.98 Å². The van der Waals surface area contributed by atoms with Gasteiger partial charge in [0.1, 0.15) is 0 Å². The van der Waals surface area contributed by atoms with E-state index in [1.807, 2.05) is 24.4 Å². The molecule has 1 aromatic heterocycles. The lowest BCUT2D eigenvalue weighted by molar-refractivity contribution is -0.742. The van der Waals surface area contributed by atoms with Crippen LogP contribution in [0.5, 0.6) is 0 Å². The summed E-state index contributed by atoms with van der Waals surface area (Å²) in [4.78, 5) is 12.5. The van der Waals surface area contributed by atoms with Crippen LogP contribution in [0.3, 0.4) is 0 Å². The maximum Gasteiger partial charge on any atom is 0.291 e. The fraction of sp³-hybridized carbons (Fsp3) is 0.286. The Kier molecular flexibility index (Phi) is 5.25. The Labute approximate surface area is 69.8 Å². The average Bonchev–Trinajstić information content (AvgIpc) is 2.05. The van der Waals surface area contributed by atoms with Crippen LogP contribution in [0.1, 0.15) is 12.6 Å². The van der Waals surface area contributed by atoms with E-state index in [0.717, 1.165) is 12.1 Å². The summed E-state index contributed by atoms with van der Waals surface area (Å²) in [6.07, 6.45) is 2.85. The summed E-state index contributed by atoms with van der Waals surface area (Å²) in [5.41, 5.74) is 1.16. The Morgan fingerprint density at radius 3 is 2.50 bits per heavy atom. The molecule has 0 bridgehead atoms. The van der Waals surface area contributed by atoms with E-state index in [1.165, 1.54) is 0 Å². The van der Waals surface area contributed by atoms with Crippen molar-refractivity contribution in [3.8, 4) is 0 Å². The van der Waals surface area contributed by atoms with Gasteiger partial charge >= 0.3 is 0 Å². The van der Waals surface area contributed by atoms with Crippen LogP contribution in [-0.4, -0.2) is 15.3 Å². The third kappa shape index (κ3) is 6.47. The first-order valence-corrected chi connectivity index (χ1v) is 3.40. The van der Waals surface area contributed by atoms with Gasteiger partial charge in [0.25, 0.3) is 5.09 Å². The molecule has 0 saturated heterocycles. The summed E-state index contributed by atoms with van der Waals surface area (Å²) >= 11 is 0. The van der Waals surface area contributed by atoms with Gasteiger partial charge in [-0.25, -0.2) is 0 Å². The van der Waals surface area contributed by atoms with Crippen molar-refractivity contribution in [3.63, 3.8) is 0 Å². The second-order valence-corrected chi connectivity index (χ2v) is 1.91. The fourth-order valence-electron chi connectivity index (χ4n) is 0.607. The van der Waals surface area contributed by atoms with Crippen molar-refractivity contribution in [1.29, 1.82) is 0 Å². The average molecular weight is 170 g/mol. The first-order chi connectivity index (χ1) is 5.66. The molecule has 12 heavy (non-hydrogen) atoms. The summed E-state index contributed by atoms with van der Waals surface area (Å²) in [6, 6.07) is 5.96. The number of aromatic nitrogens is 1. The highest BCUT2D eigenvalue weighted by Gasteiger charge is 1.81. The number of hydrogen-bond donors (Lipinski definition) is 1. The molecule has 1 rings (SSSR count). The summed E-state index contributed by atoms with van der Waals surface area (Å²) in [5.74, 6) is 0. The van der Waals surface area contributed by atoms with Gasteiger partial charge in [-0.15, -0.1) is 10.1 Å². The van der Waals surface area contributed by atoms with E-state index in [1.54, 1.807) is 0 Å². The normalized spacial score (nSPS) is 8.08. The molecule has 1 heterocycles. The third-order valence-electron chi connectivity index (χ3n) is 1.09. The Balaban J connectivity index is 0.000000261. The van der Waals surface area contributed by atoms with Crippen LogP contribution in [-0.2, 0) is 6.42 Å². The van der Waals surface area contributed by atoms with E-state index in [4.69, 9.17) is 15.3 Å². The predicted octanol–water partition coefficient (Wildman–Crippen LogP) is 1.30. The molecule has 0 radical (unpaired) electrons. The molecule has 0 saturated carbocycles. The number of aryl methyl sites for hydroxylation is 1. The van der Waals surface area contributed by atoms with Gasteiger partial charge in [-0.2, -0.15) is 0 Å². The monoisotopic (exact) mass is 170 g/mol. The minimum Gasteiger partial charge on any atom is -0.328 e. The molecule has 0 aliphatic rings. The van der Waals surface area contributed by atoms with Crippen LogP contribution in [0.4, 0.5) is 0 Å². The Hall–Kier alpha value is -1.65. The minimum atomic E-state index is -1.50. The molecule has 0 fully saturated rings. The third-order valence-corrected chi connectivity index (χ3v) is 1.09. The lowest BCUT2D eigenvalue weighted by Crippen LogP contribution is -1.81. The Morgan fingerprint density at radius 1 is 1.67 bits per heavy atom. The van der Waals surface area contributed by atoms with E-state index in [-0.39, 0.29) is 0 Å². The quantitative estimate of drug-likeness (QED) is 0.509. The molecule has 5 heteroatoms. The van der Waals surface area contributed by atoms with Gasteiger partial charge in [-0.3, -0.25) is 4.98 Å². The molecule has 66 valence electrons. The molecule has 0 amide bonds. The molecule has 0 aliphatic heterocycles. The lowest BCUT2D eigenvalue weighted by atomic mass is 10.3. The minimum absolute atomic E-state index is 1.03. The second kappa shape index (κ2) is 6.09. The highest BCUT2D eigenvalue weighted by molar-refractivity contribution is 5.02. The van der Waals surface area contributed by atoms with Gasteiger partial charge in [0.2, 0.25) is 0 Å². The first kappa shape index (κ1) is 10.3. The summed E-state index contributed by atoms with van der Waals surface area (Å²) in [5, 5.41) is 13.6. The van der Waals surface area contributed by atoms with Gasteiger partial charge in [0.15, 0.2) is 0 Å². The maximum atomic E-state index is 8.36. The number of pyridine rings is 1. The van der Waals surface area contributed by atoms with E-state index >= 15 is 0 Å². The second-order valence-electron chi connectivity index (χ2n) is 1.91. The standard InChI is InChI=1S/C7H9N.HNO3/c1-2-7-5-3-4-6-8-7;2-1(3)4/h3-6H,2H2,1H3;(H,2,3,4). The van der Waals surface area contributed by atoms with Gasteiger partial charge < -0.3 is 5.21 Å². The zero-order valence-corrected chi connectivity index (χ0v) is 6.67. The van der Waals surface area contributed by atoms with Gasteiger partial charge in [0, 0.05) is 11.9 Å². The topological polar surface area (TPSA) is 76.3 Å². The largest absolute Gasteiger partial charge is 0.328 e. The predicted molar refractivity (Wildman–Crippen MR) is 42.4 cm³/mol. The highest BCUT2D eigenvalue weighted by atomic mass is 16.9. The zero-order chi connectivity index (χ0) is 9.40. The molecular weight excluding hydrogens is 160 g/mol. The zero-order valence-electron chi connectivity index (χ0n) is 6.67. The molecule has 1 N–H and O–H groups in total. The lowest BCUT2D eigenvalue weighted by Gasteiger charge is -1.88. The van der Waals surface area contributed by atoms with Crippen LogP contribution in [0.25, 0.3) is 0 Å². The fourth-order valence-corrected chi connectivity index (χ4v) is 0.607. The smallest absolute Gasteiger partial charge is 0.291 e. The molecule has 1 aromatic rings. The first-order valence-electron chi connectivity index (χ1n) is 3.40. The van der Waals surface area contributed by atoms with Crippen molar-refractivity contribution in [3.05, 3.63) is 40.2 Å².